The molecule has 0 aliphatic carbocycles. The fourth-order valence-corrected chi connectivity index (χ4v) is 1.95. The van der Waals surface area contributed by atoms with Gasteiger partial charge in [-0.1, -0.05) is 17.8 Å². The molecule has 2 rings (SSSR count). The highest BCUT2D eigenvalue weighted by Gasteiger charge is 2.10. The highest BCUT2D eigenvalue weighted by Crippen LogP contribution is 2.23. The van der Waals surface area contributed by atoms with Crippen molar-refractivity contribution in [3.8, 4) is 0 Å². The Hall–Kier alpha value is -1.63. The predicted molar refractivity (Wildman–Crippen MR) is 56.7 cm³/mol. The maximum atomic E-state index is 13.2. The lowest BCUT2D eigenvalue weighted by Gasteiger charge is -2.01. The highest BCUT2D eigenvalue weighted by molar-refractivity contribution is 7.98. The molecule has 0 amide bonds. The lowest BCUT2D eigenvalue weighted by Crippen LogP contribution is -1.93. The van der Waals surface area contributed by atoms with E-state index in [0.717, 1.165) is 11.8 Å². The summed E-state index contributed by atoms with van der Waals surface area (Å²) in [5.41, 5.74) is 5.33. The number of nitrogens with one attached hydrogen (secondary N) is 1. The molecule has 1 aromatic heterocycles. The Bertz CT molecular complexity index is 480. The third-order valence-electron chi connectivity index (χ3n) is 1.89. The van der Waals surface area contributed by atoms with Crippen LogP contribution in [-0.2, 0) is 5.75 Å². The normalized spacial score (nSPS) is 10.6. The van der Waals surface area contributed by atoms with Crippen LogP contribution in [0, 0.1) is 11.6 Å². The second-order valence-corrected chi connectivity index (χ2v) is 3.93. The SMILES string of the molecule is Nc1nc(SCc2c(F)cccc2F)n[nH]1. The van der Waals surface area contributed by atoms with E-state index in [4.69, 9.17) is 5.73 Å². The molecule has 0 radical (unpaired) electrons. The van der Waals surface area contributed by atoms with Crippen molar-refractivity contribution in [1.82, 2.24) is 15.2 Å². The summed E-state index contributed by atoms with van der Waals surface area (Å²) < 4.78 is 26.5. The topological polar surface area (TPSA) is 67.6 Å². The van der Waals surface area contributed by atoms with E-state index >= 15 is 0 Å². The Morgan fingerprint density at radius 2 is 2.00 bits per heavy atom. The second kappa shape index (κ2) is 4.48. The Morgan fingerprint density at radius 3 is 2.56 bits per heavy atom. The van der Waals surface area contributed by atoms with Crippen LogP contribution in [0.2, 0.25) is 0 Å². The van der Waals surface area contributed by atoms with Gasteiger partial charge >= 0.3 is 0 Å². The lowest BCUT2D eigenvalue weighted by molar-refractivity contribution is 0.566. The first-order chi connectivity index (χ1) is 7.66. The molecule has 1 aromatic carbocycles. The number of aromatic amines is 1. The first-order valence-electron chi connectivity index (χ1n) is 4.40. The first-order valence-corrected chi connectivity index (χ1v) is 5.39. The van der Waals surface area contributed by atoms with Crippen molar-refractivity contribution in [2.45, 2.75) is 10.9 Å². The summed E-state index contributed by atoms with van der Waals surface area (Å²) in [5, 5.41) is 6.55. The minimum absolute atomic E-state index is 0.0101. The average Bonchev–Trinajstić information content (AvgIpc) is 2.63. The van der Waals surface area contributed by atoms with Gasteiger partial charge in [-0.25, -0.2) is 13.9 Å². The van der Waals surface area contributed by atoms with Gasteiger partial charge in [0.15, 0.2) is 0 Å². The number of thioether (sulfide) groups is 1. The fraction of sp³-hybridized carbons (Fsp3) is 0.111. The van der Waals surface area contributed by atoms with Crippen LogP contribution in [-0.4, -0.2) is 15.2 Å². The van der Waals surface area contributed by atoms with E-state index in [9.17, 15) is 8.78 Å². The van der Waals surface area contributed by atoms with E-state index in [1.807, 2.05) is 0 Å². The summed E-state index contributed by atoms with van der Waals surface area (Å²) in [6.07, 6.45) is 0. The molecule has 1 heterocycles. The van der Waals surface area contributed by atoms with Crippen LogP contribution in [0.1, 0.15) is 5.56 Å². The second-order valence-electron chi connectivity index (χ2n) is 2.99. The van der Waals surface area contributed by atoms with Gasteiger partial charge in [-0.05, 0) is 12.1 Å². The predicted octanol–water partition coefficient (Wildman–Crippen LogP) is 1.96. The minimum atomic E-state index is -0.573. The molecule has 0 aliphatic heterocycles. The summed E-state index contributed by atoms with van der Waals surface area (Å²) in [7, 11) is 0. The minimum Gasteiger partial charge on any atom is -0.368 e. The number of H-pyrrole nitrogens is 1. The molecule has 0 fully saturated rings. The van der Waals surface area contributed by atoms with Gasteiger partial charge in [-0.3, -0.25) is 0 Å². The summed E-state index contributed by atoms with van der Waals surface area (Å²) in [5.74, 6) is -0.848. The number of halogens is 2. The van der Waals surface area contributed by atoms with Crippen molar-refractivity contribution in [3.63, 3.8) is 0 Å². The molecular weight excluding hydrogens is 234 g/mol. The van der Waals surface area contributed by atoms with Crippen LogP contribution in [0.25, 0.3) is 0 Å². The Morgan fingerprint density at radius 1 is 1.31 bits per heavy atom. The number of hydrogen-bond acceptors (Lipinski definition) is 4. The van der Waals surface area contributed by atoms with Crippen LogP contribution in [0.3, 0.4) is 0 Å². The lowest BCUT2D eigenvalue weighted by atomic mass is 10.2. The van der Waals surface area contributed by atoms with E-state index in [-0.39, 0.29) is 17.3 Å². The van der Waals surface area contributed by atoms with Crippen molar-refractivity contribution in [2.24, 2.45) is 0 Å². The van der Waals surface area contributed by atoms with Crippen molar-refractivity contribution in [1.29, 1.82) is 0 Å². The number of nitrogen functional groups attached to an aromatic ring is 1. The number of benzene rings is 1. The molecule has 0 unspecified atom stereocenters. The third kappa shape index (κ3) is 2.30. The standard InChI is InChI=1S/C9H8F2N4S/c10-6-2-1-3-7(11)5(6)4-16-9-13-8(12)14-15-9/h1-3H,4H2,(H3,12,13,14,15). The van der Waals surface area contributed by atoms with Crippen molar-refractivity contribution in [3.05, 3.63) is 35.4 Å². The Kier molecular flexibility index (Phi) is 3.04. The van der Waals surface area contributed by atoms with Crippen molar-refractivity contribution in [2.75, 3.05) is 5.73 Å². The molecule has 16 heavy (non-hydrogen) atoms. The van der Waals surface area contributed by atoms with E-state index in [1.165, 1.54) is 18.2 Å². The molecule has 0 saturated heterocycles. The van der Waals surface area contributed by atoms with Gasteiger partial charge in [0.05, 0.1) is 0 Å². The first kappa shape index (κ1) is 10.9. The number of nitrogens with zero attached hydrogens (tertiary/aromatic N) is 2. The zero-order valence-corrected chi connectivity index (χ0v) is 8.89. The summed E-state index contributed by atoms with van der Waals surface area (Å²) in [6.45, 7) is 0. The van der Waals surface area contributed by atoms with Gasteiger partial charge in [0.1, 0.15) is 11.6 Å². The molecule has 3 N–H and O–H groups in total. The summed E-state index contributed by atoms with van der Waals surface area (Å²) >= 11 is 1.11. The molecule has 0 spiro atoms. The van der Waals surface area contributed by atoms with Crippen LogP contribution >= 0.6 is 11.8 Å². The van der Waals surface area contributed by atoms with Crippen LogP contribution in [0.5, 0.6) is 0 Å². The molecule has 2 aromatic rings. The summed E-state index contributed by atoms with van der Waals surface area (Å²) in [4.78, 5) is 3.81. The average molecular weight is 242 g/mol. The van der Waals surface area contributed by atoms with E-state index < -0.39 is 11.6 Å². The van der Waals surface area contributed by atoms with E-state index in [2.05, 4.69) is 15.2 Å². The molecular formula is C9H8F2N4S. The number of rotatable bonds is 3. The fourth-order valence-electron chi connectivity index (χ4n) is 1.13. The van der Waals surface area contributed by atoms with Gasteiger partial charge in [0.2, 0.25) is 11.1 Å². The van der Waals surface area contributed by atoms with Gasteiger partial charge in [0.25, 0.3) is 0 Å². The smallest absolute Gasteiger partial charge is 0.216 e. The van der Waals surface area contributed by atoms with E-state index in [1.54, 1.807) is 0 Å². The molecule has 0 aliphatic rings. The molecule has 0 atom stereocenters. The van der Waals surface area contributed by atoms with Gasteiger partial charge < -0.3 is 5.73 Å². The third-order valence-corrected chi connectivity index (χ3v) is 2.76. The zero-order chi connectivity index (χ0) is 11.5. The zero-order valence-electron chi connectivity index (χ0n) is 8.08. The Labute approximate surface area is 94.3 Å². The maximum absolute atomic E-state index is 13.2. The number of aromatic nitrogens is 3. The quantitative estimate of drug-likeness (QED) is 0.807. The van der Waals surface area contributed by atoms with Crippen LogP contribution < -0.4 is 5.73 Å². The monoisotopic (exact) mass is 242 g/mol. The van der Waals surface area contributed by atoms with E-state index in [0.29, 0.717) is 5.16 Å². The molecule has 0 saturated carbocycles. The van der Waals surface area contributed by atoms with Gasteiger partial charge in [-0.15, -0.1) is 5.10 Å². The molecule has 7 heteroatoms. The number of nitrogens with two attached hydrogens (primary N) is 1. The maximum Gasteiger partial charge on any atom is 0.216 e. The van der Waals surface area contributed by atoms with Crippen LogP contribution in [0.15, 0.2) is 23.4 Å². The largest absolute Gasteiger partial charge is 0.368 e. The molecule has 0 bridgehead atoms. The van der Waals surface area contributed by atoms with Gasteiger partial charge in [0, 0.05) is 11.3 Å². The molecule has 84 valence electrons. The van der Waals surface area contributed by atoms with Gasteiger partial charge in [-0.2, -0.15) is 4.98 Å². The number of anilines is 1. The summed E-state index contributed by atoms with van der Waals surface area (Å²) in [6, 6.07) is 3.75. The highest BCUT2D eigenvalue weighted by atomic mass is 32.2. The van der Waals surface area contributed by atoms with Crippen molar-refractivity contribution < 1.29 is 8.78 Å². The Balaban J connectivity index is 2.10. The van der Waals surface area contributed by atoms with Crippen LogP contribution in [0.4, 0.5) is 14.7 Å². The van der Waals surface area contributed by atoms with Crippen molar-refractivity contribution >= 4 is 17.7 Å². The molecule has 4 nitrogen and oxygen atoms in total. The number of hydrogen-bond donors (Lipinski definition) is 2.